The third-order valence-electron chi connectivity index (χ3n) is 4.16. The van der Waals surface area contributed by atoms with Gasteiger partial charge >= 0.3 is 6.18 Å². The van der Waals surface area contributed by atoms with Crippen molar-refractivity contribution in [3.63, 3.8) is 0 Å². The van der Waals surface area contributed by atoms with Gasteiger partial charge in [-0.3, -0.25) is 11.3 Å². The lowest BCUT2D eigenvalue weighted by Crippen LogP contribution is -2.43. The number of hydrazine groups is 1. The van der Waals surface area contributed by atoms with E-state index in [0.29, 0.717) is 19.3 Å². The lowest BCUT2D eigenvalue weighted by atomic mass is 9.73. The molecule has 21 heavy (non-hydrogen) atoms. The highest BCUT2D eigenvalue weighted by molar-refractivity contribution is 9.10. The van der Waals surface area contributed by atoms with Crippen LogP contribution in [0.25, 0.3) is 0 Å². The minimum absolute atomic E-state index is 0.0714. The fourth-order valence-corrected chi connectivity index (χ4v) is 3.55. The molecule has 0 spiro atoms. The van der Waals surface area contributed by atoms with Crippen LogP contribution < -0.4 is 11.3 Å². The summed E-state index contributed by atoms with van der Waals surface area (Å²) in [6.07, 6.45) is -2.60. The van der Waals surface area contributed by atoms with E-state index in [1.165, 1.54) is 12.1 Å². The second-order valence-corrected chi connectivity index (χ2v) is 6.24. The van der Waals surface area contributed by atoms with E-state index in [1.54, 1.807) is 6.07 Å². The van der Waals surface area contributed by atoms with Gasteiger partial charge in [0.15, 0.2) is 0 Å². The number of halogens is 5. The zero-order valence-corrected chi connectivity index (χ0v) is 12.8. The monoisotopic (exact) mass is 368 g/mol. The third kappa shape index (κ3) is 3.57. The van der Waals surface area contributed by atoms with Gasteiger partial charge in [-0.2, -0.15) is 13.2 Å². The SMILES string of the molecule is NNC(c1cccc(Br)c1F)C1CCCCC1C(F)(F)F. The third-order valence-corrected chi connectivity index (χ3v) is 4.78. The predicted octanol–water partition coefficient (Wildman–Crippen LogP) is 4.46. The van der Waals surface area contributed by atoms with Gasteiger partial charge < -0.3 is 0 Å². The van der Waals surface area contributed by atoms with Crippen LogP contribution in [0, 0.1) is 17.7 Å². The smallest absolute Gasteiger partial charge is 0.271 e. The Morgan fingerprint density at radius 3 is 2.52 bits per heavy atom. The fourth-order valence-electron chi connectivity index (χ4n) is 3.17. The molecule has 0 amide bonds. The van der Waals surface area contributed by atoms with Gasteiger partial charge in [-0.25, -0.2) is 4.39 Å². The summed E-state index contributed by atoms with van der Waals surface area (Å²) >= 11 is 3.06. The van der Waals surface area contributed by atoms with Gasteiger partial charge in [0.25, 0.3) is 0 Å². The molecule has 1 aliphatic carbocycles. The van der Waals surface area contributed by atoms with E-state index >= 15 is 0 Å². The van der Waals surface area contributed by atoms with Crippen molar-refractivity contribution in [2.75, 3.05) is 0 Å². The quantitative estimate of drug-likeness (QED) is 0.469. The molecule has 3 atom stereocenters. The van der Waals surface area contributed by atoms with Crippen LogP contribution in [-0.2, 0) is 0 Å². The Kier molecular flexibility index (Phi) is 5.27. The molecule has 0 heterocycles. The first-order valence-electron chi connectivity index (χ1n) is 6.83. The molecule has 0 saturated heterocycles. The zero-order chi connectivity index (χ0) is 15.6. The maximum atomic E-state index is 14.2. The van der Waals surface area contributed by atoms with Crippen molar-refractivity contribution in [3.8, 4) is 0 Å². The van der Waals surface area contributed by atoms with Gasteiger partial charge in [-0.1, -0.05) is 25.0 Å². The maximum absolute atomic E-state index is 14.2. The van der Waals surface area contributed by atoms with Gasteiger partial charge in [0.1, 0.15) is 5.82 Å². The van der Waals surface area contributed by atoms with Crippen LogP contribution >= 0.6 is 15.9 Å². The summed E-state index contributed by atoms with van der Waals surface area (Å²) in [5.41, 5.74) is 2.57. The molecule has 2 nitrogen and oxygen atoms in total. The van der Waals surface area contributed by atoms with Crippen LogP contribution in [-0.4, -0.2) is 6.18 Å². The first kappa shape index (κ1) is 16.7. The first-order chi connectivity index (χ1) is 9.86. The van der Waals surface area contributed by atoms with Crippen molar-refractivity contribution in [2.45, 2.75) is 37.9 Å². The zero-order valence-electron chi connectivity index (χ0n) is 11.3. The molecule has 3 N–H and O–H groups in total. The van der Waals surface area contributed by atoms with Gasteiger partial charge in [0.2, 0.25) is 0 Å². The summed E-state index contributed by atoms with van der Waals surface area (Å²) in [5.74, 6) is 2.69. The van der Waals surface area contributed by atoms with Crippen LogP contribution in [0.5, 0.6) is 0 Å². The molecule has 0 aliphatic heterocycles. The molecule has 3 unspecified atom stereocenters. The van der Waals surface area contributed by atoms with Crippen LogP contribution in [0.3, 0.4) is 0 Å². The summed E-state index contributed by atoms with van der Waals surface area (Å²) in [4.78, 5) is 0. The first-order valence-corrected chi connectivity index (χ1v) is 7.62. The fraction of sp³-hybridized carbons (Fsp3) is 0.571. The van der Waals surface area contributed by atoms with Crippen molar-refractivity contribution in [1.29, 1.82) is 0 Å². The van der Waals surface area contributed by atoms with Crippen LogP contribution in [0.1, 0.15) is 37.3 Å². The average Bonchev–Trinajstić information content (AvgIpc) is 2.44. The molecule has 1 aromatic carbocycles. The Morgan fingerprint density at radius 2 is 1.90 bits per heavy atom. The number of nitrogens with two attached hydrogens (primary N) is 1. The normalized spacial score (nSPS) is 24.9. The average molecular weight is 369 g/mol. The van der Waals surface area contributed by atoms with Crippen molar-refractivity contribution >= 4 is 15.9 Å². The van der Waals surface area contributed by atoms with Crippen LogP contribution in [0.15, 0.2) is 22.7 Å². The second kappa shape index (κ2) is 6.62. The summed E-state index contributed by atoms with van der Waals surface area (Å²) in [7, 11) is 0. The Morgan fingerprint density at radius 1 is 1.24 bits per heavy atom. The molecule has 0 bridgehead atoms. The molecular weight excluding hydrogens is 352 g/mol. The summed E-state index contributed by atoms with van der Waals surface area (Å²) in [6.45, 7) is 0. The number of alkyl halides is 3. The van der Waals surface area contributed by atoms with Crippen molar-refractivity contribution in [2.24, 2.45) is 17.7 Å². The van der Waals surface area contributed by atoms with Crippen LogP contribution in [0.4, 0.5) is 17.6 Å². The van der Waals surface area contributed by atoms with Gasteiger partial charge in [-0.05, 0) is 40.8 Å². The highest BCUT2D eigenvalue weighted by atomic mass is 79.9. The van der Waals surface area contributed by atoms with E-state index in [0.717, 1.165) is 0 Å². The molecule has 1 fully saturated rings. The topological polar surface area (TPSA) is 38.0 Å². The summed E-state index contributed by atoms with van der Waals surface area (Å²) < 4.78 is 54.1. The molecular formula is C14H17BrF4N2. The Balaban J connectivity index is 2.36. The minimum Gasteiger partial charge on any atom is -0.271 e. The molecule has 118 valence electrons. The summed E-state index contributed by atoms with van der Waals surface area (Å²) in [6, 6.07) is 3.73. The van der Waals surface area contributed by atoms with Gasteiger partial charge in [0, 0.05) is 5.56 Å². The number of benzene rings is 1. The Labute approximate surface area is 129 Å². The molecule has 0 radical (unpaired) electrons. The van der Waals surface area contributed by atoms with Crippen molar-refractivity contribution in [3.05, 3.63) is 34.1 Å². The van der Waals surface area contributed by atoms with E-state index in [-0.39, 0.29) is 16.5 Å². The van der Waals surface area contributed by atoms with Gasteiger partial charge in [-0.15, -0.1) is 0 Å². The highest BCUT2D eigenvalue weighted by Gasteiger charge is 2.48. The Bertz CT molecular complexity index is 492. The number of hydrogen-bond donors (Lipinski definition) is 2. The van der Waals surface area contributed by atoms with E-state index in [4.69, 9.17) is 5.84 Å². The standard InChI is InChI=1S/C14H17BrF4N2/c15-11-7-3-5-9(12(11)16)13(21-20)8-4-1-2-6-10(8)14(17,18)19/h3,5,7-8,10,13,21H,1-2,4,6,20H2. The molecule has 7 heteroatoms. The molecule has 1 saturated carbocycles. The van der Waals surface area contributed by atoms with Crippen molar-refractivity contribution in [1.82, 2.24) is 5.43 Å². The largest absolute Gasteiger partial charge is 0.392 e. The van der Waals surface area contributed by atoms with Crippen molar-refractivity contribution < 1.29 is 17.6 Å². The van der Waals surface area contributed by atoms with E-state index in [2.05, 4.69) is 21.4 Å². The predicted molar refractivity (Wildman–Crippen MR) is 75.7 cm³/mol. The number of rotatable bonds is 3. The van der Waals surface area contributed by atoms with E-state index < -0.39 is 29.9 Å². The number of nitrogens with one attached hydrogen (secondary N) is 1. The van der Waals surface area contributed by atoms with E-state index in [9.17, 15) is 17.6 Å². The highest BCUT2D eigenvalue weighted by Crippen LogP contribution is 2.46. The van der Waals surface area contributed by atoms with E-state index in [1.807, 2.05) is 0 Å². The summed E-state index contributed by atoms with van der Waals surface area (Å²) in [5, 5.41) is 0. The maximum Gasteiger partial charge on any atom is 0.392 e. The molecule has 1 aromatic rings. The van der Waals surface area contributed by atoms with Crippen LogP contribution in [0.2, 0.25) is 0 Å². The molecule has 2 rings (SSSR count). The lowest BCUT2D eigenvalue weighted by Gasteiger charge is -2.38. The Hall–Kier alpha value is -0.660. The lowest BCUT2D eigenvalue weighted by molar-refractivity contribution is -0.199. The minimum atomic E-state index is -4.29. The molecule has 1 aliphatic rings. The number of hydrogen-bond acceptors (Lipinski definition) is 2. The second-order valence-electron chi connectivity index (χ2n) is 5.38. The molecule has 0 aromatic heterocycles. The van der Waals surface area contributed by atoms with Gasteiger partial charge in [0.05, 0.1) is 16.4 Å².